The fourth-order valence-electron chi connectivity index (χ4n) is 5.49. The number of ether oxygens (including phenoxy) is 1. The lowest BCUT2D eigenvalue weighted by molar-refractivity contribution is -0.189. The van der Waals surface area contributed by atoms with Crippen molar-refractivity contribution in [3.05, 3.63) is 101 Å². The van der Waals surface area contributed by atoms with Crippen LogP contribution in [0.15, 0.2) is 78.9 Å². The monoisotopic (exact) mass is 599 g/mol. The standard InChI is InChI=1S/C33H34FN5O5/c1-2-16-37-22-31(41)38-29(19-24-10-14-28(40)15-11-24)32(42)36(17-18-44-23-26-8-12-27(34)13-9-26)21-30(38)39(37)33(43)35-20-25-6-4-3-5-7-25/h1,3-15,29-30,40H,16-23H2,(H,35,43)/t29-,30-/m0/s1. The first-order valence-corrected chi connectivity index (χ1v) is 14.3. The van der Waals surface area contributed by atoms with E-state index in [4.69, 9.17) is 11.2 Å². The minimum absolute atomic E-state index is 0.0200. The first-order chi connectivity index (χ1) is 21.3. The van der Waals surface area contributed by atoms with E-state index in [9.17, 15) is 23.9 Å². The molecule has 228 valence electrons. The number of urea groups is 1. The van der Waals surface area contributed by atoms with Crippen molar-refractivity contribution in [1.82, 2.24) is 25.1 Å². The van der Waals surface area contributed by atoms with Gasteiger partial charge in [-0.2, -0.15) is 5.01 Å². The van der Waals surface area contributed by atoms with Crippen LogP contribution < -0.4 is 5.32 Å². The Bertz CT molecular complexity index is 1500. The topological polar surface area (TPSA) is 106 Å². The summed E-state index contributed by atoms with van der Waals surface area (Å²) in [7, 11) is 0. The lowest BCUT2D eigenvalue weighted by Crippen LogP contribution is -2.76. The summed E-state index contributed by atoms with van der Waals surface area (Å²) in [6.07, 6.45) is 4.99. The highest BCUT2D eigenvalue weighted by Gasteiger charge is 2.51. The Balaban J connectivity index is 1.39. The summed E-state index contributed by atoms with van der Waals surface area (Å²) in [5, 5.41) is 15.7. The number of carbonyl (C=O) groups excluding carboxylic acids is 3. The molecule has 0 radical (unpaired) electrons. The van der Waals surface area contributed by atoms with Crippen LogP contribution in [0, 0.1) is 18.2 Å². The van der Waals surface area contributed by atoms with Gasteiger partial charge in [0.1, 0.15) is 23.8 Å². The molecule has 4 amide bonds. The summed E-state index contributed by atoms with van der Waals surface area (Å²) in [6, 6.07) is 20.5. The molecule has 2 aliphatic heterocycles. The second kappa shape index (κ2) is 14.0. The van der Waals surface area contributed by atoms with Crippen molar-refractivity contribution < 1.29 is 28.6 Å². The normalized spacial score (nSPS) is 18.6. The first kappa shape index (κ1) is 30.5. The zero-order chi connectivity index (χ0) is 31.1. The quantitative estimate of drug-likeness (QED) is 0.274. The molecule has 11 heteroatoms. The van der Waals surface area contributed by atoms with Gasteiger partial charge in [0.25, 0.3) is 0 Å². The number of terminal acetylenes is 1. The summed E-state index contributed by atoms with van der Waals surface area (Å²) in [4.78, 5) is 44.3. The molecule has 2 atom stereocenters. The van der Waals surface area contributed by atoms with E-state index in [-0.39, 0.29) is 75.7 Å². The number of rotatable bonds is 10. The number of phenols is 1. The van der Waals surface area contributed by atoms with E-state index >= 15 is 0 Å². The summed E-state index contributed by atoms with van der Waals surface area (Å²) in [5.41, 5.74) is 2.43. The Morgan fingerprint density at radius 2 is 1.70 bits per heavy atom. The van der Waals surface area contributed by atoms with Crippen molar-refractivity contribution in [1.29, 1.82) is 0 Å². The fourth-order valence-corrected chi connectivity index (χ4v) is 5.49. The van der Waals surface area contributed by atoms with Crippen molar-refractivity contribution >= 4 is 17.8 Å². The van der Waals surface area contributed by atoms with Crippen molar-refractivity contribution in [3.63, 3.8) is 0 Å². The highest BCUT2D eigenvalue weighted by molar-refractivity contribution is 5.91. The number of amides is 4. The van der Waals surface area contributed by atoms with Crippen LogP contribution in [0.25, 0.3) is 0 Å². The average molecular weight is 600 g/mol. The fraction of sp³-hybridized carbons (Fsp3) is 0.303. The molecular weight excluding hydrogens is 565 g/mol. The SMILES string of the molecule is C#CCN1CC(=O)N2[C@@H](Cc3ccc(O)cc3)C(=O)N(CCOCc3ccc(F)cc3)C[C@@H]2N1C(=O)NCc1ccccc1. The van der Waals surface area contributed by atoms with Gasteiger partial charge in [0.05, 0.1) is 32.8 Å². The van der Waals surface area contributed by atoms with E-state index < -0.39 is 18.2 Å². The van der Waals surface area contributed by atoms with Crippen LogP contribution in [0.3, 0.4) is 0 Å². The third kappa shape index (κ3) is 7.16. The predicted molar refractivity (Wildman–Crippen MR) is 160 cm³/mol. The maximum absolute atomic E-state index is 13.9. The average Bonchev–Trinajstić information content (AvgIpc) is 3.02. The van der Waals surface area contributed by atoms with Crippen LogP contribution in [0.5, 0.6) is 5.75 Å². The van der Waals surface area contributed by atoms with Gasteiger partial charge < -0.3 is 25.0 Å². The van der Waals surface area contributed by atoms with Gasteiger partial charge in [-0.1, -0.05) is 60.5 Å². The third-order valence-electron chi connectivity index (χ3n) is 7.65. The Hall–Kier alpha value is -4.92. The number of carbonyl (C=O) groups is 3. The van der Waals surface area contributed by atoms with E-state index in [0.717, 1.165) is 16.7 Å². The lowest BCUT2D eigenvalue weighted by atomic mass is 9.98. The number of phenolic OH excluding ortho intramolecular Hbond substituents is 1. The molecule has 0 spiro atoms. The molecule has 0 unspecified atom stereocenters. The molecule has 3 aromatic carbocycles. The van der Waals surface area contributed by atoms with Crippen LogP contribution in [-0.2, 0) is 33.9 Å². The van der Waals surface area contributed by atoms with Crippen molar-refractivity contribution in [3.8, 4) is 18.1 Å². The van der Waals surface area contributed by atoms with Crippen molar-refractivity contribution in [2.45, 2.75) is 31.8 Å². The van der Waals surface area contributed by atoms with Crippen LogP contribution in [0.4, 0.5) is 9.18 Å². The number of halogens is 1. The van der Waals surface area contributed by atoms with Crippen molar-refractivity contribution in [2.75, 3.05) is 32.8 Å². The van der Waals surface area contributed by atoms with Gasteiger partial charge in [-0.05, 0) is 41.0 Å². The molecule has 0 saturated carbocycles. The van der Waals surface area contributed by atoms with Crippen molar-refractivity contribution in [2.24, 2.45) is 0 Å². The molecular formula is C33H34FN5O5. The van der Waals surface area contributed by atoms with Gasteiger partial charge >= 0.3 is 6.03 Å². The zero-order valence-electron chi connectivity index (χ0n) is 24.1. The summed E-state index contributed by atoms with van der Waals surface area (Å²) in [5.74, 6) is 1.69. The smallest absolute Gasteiger partial charge is 0.334 e. The van der Waals surface area contributed by atoms with Crippen LogP contribution in [0.1, 0.15) is 16.7 Å². The van der Waals surface area contributed by atoms with E-state index in [2.05, 4.69) is 11.2 Å². The van der Waals surface area contributed by atoms with Crippen LogP contribution >= 0.6 is 0 Å². The molecule has 0 bridgehead atoms. The number of aromatic hydroxyl groups is 1. The third-order valence-corrected chi connectivity index (χ3v) is 7.65. The maximum atomic E-state index is 13.9. The molecule has 2 heterocycles. The van der Waals surface area contributed by atoms with E-state index in [0.29, 0.717) is 0 Å². The van der Waals surface area contributed by atoms with E-state index in [1.165, 1.54) is 39.2 Å². The number of benzene rings is 3. The summed E-state index contributed by atoms with van der Waals surface area (Å²) in [6.45, 7) is 0.792. The second-order valence-electron chi connectivity index (χ2n) is 10.6. The zero-order valence-corrected chi connectivity index (χ0v) is 24.1. The molecule has 2 aliphatic rings. The number of nitrogens with one attached hydrogen (secondary N) is 1. The minimum atomic E-state index is -0.902. The number of nitrogens with zero attached hydrogens (tertiary/aromatic N) is 4. The summed E-state index contributed by atoms with van der Waals surface area (Å²) >= 11 is 0. The minimum Gasteiger partial charge on any atom is -0.508 e. The van der Waals surface area contributed by atoms with Crippen LogP contribution in [0.2, 0.25) is 0 Å². The molecule has 44 heavy (non-hydrogen) atoms. The number of hydrogen-bond acceptors (Lipinski definition) is 6. The Morgan fingerprint density at radius 3 is 2.41 bits per heavy atom. The molecule has 2 saturated heterocycles. The highest BCUT2D eigenvalue weighted by atomic mass is 19.1. The Labute approximate surface area is 255 Å². The molecule has 3 aromatic rings. The molecule has 2 N–H and O–H groups in total. The maximum Gasteiger partial charge on any atom is 0.334 e. The van der Waals surface area contributed by atoms with Gasteiger partial charge in [-0.15, -0.1) is 6.42 Å². The number of hydrogen-bond donors (Lipinski definition) is 2. The van der Waals surface area contributed by atoms with E-state index in [1.54, 1.807) is 29.2 Å². The molecule has 5 rings (SSSR count). The Kier molecular flexibility index (Phi) is 9.74. The largest absolute Gasteiger partial charge is 0.508 e. The van der Waals surface area contributed by atoms with Gasteiger partial charge in [-0.25, -0.2) is 14.2 Å². The molecule has 0 aliphatic carbocycles. The number of fused-ring (bicyclic) bond motifs is 1. The highest BCUT2D eigenvalue weighted by Crippen LogP contribution is 2.28. The van der Waals surface area contributed by atoms with Gasteiger partial charge in [0.2, 0.25) is 11.8 Å². The lowest BCUT2D eigenvalue weighted by Gasteiger charge is -2.54. The first-order valence-electron chi connectivity index (χ1n) is 14.3. The van der Waals surface area contributed by atoms with Gasteiger partial charge in [-0.3, -0.25) is 9.59 Å². The molecule has 2 fully saturated rings. The van der Waals surface area contributed by atoms with Gasteiger partial charge in [0.15, 0.2) is 0 Å². The van der Waals surface area contributed by atoms with E-state index in [1.807, 2.05) is 30.3 Å². The summed E-state index contributed by atoms with van der Waals surface area (Å²) < 4.78 is 19.1. The predicted octanol–water partition coefficient (Wildman–Crippen LogP) is 2.73. The van der Waals surface area contributed by atoms with Crippen LogP contribution in [-0.4, -0.2) is 87.8 Å². The second-order valence-corrected chi connectivity index (χ2v) is 10.6. The molecule has 0 aromatic heterocycles. The van der Waals surface area contributed by atoms with Gasteiger partial charge in [0, 0.05) is 19.5 Å². The Morgan fingerprint density at radius 1 is 1.00 bits per heavy atom. The molecule has 10 nitrogen and oxygen atoms in total. The number of hydrazine groups is 1. The number of piperazine rings is 1.